The van der Waals surface area contributed by atoms with E-state index in [1.807, 2.05) is 13.1 Å². The summed E-state index contributed by atoms with van der Waals surface area (Å²) in [5.74, 6) is 0.715. The molecule has 0 bridgehead atoms. The molecule has 0 aromatic heterocycles. The fourth-order valence-corrected chi connectivity index (χ4v) is 3.40. The average Bonchev–Trinajstić information content (AvgIpc) is 2.68. The molecule has 1 aromatic rings. The first-order valence-corrected chi connectivity index (χ1v) is 6.85. The number of anilines is 1. The van der Waals surface area contributed by atoms with Gasteiger partial charge in [-0.25, -0.2) is 0 Å². The summed E-state index contributed by atoms with van der Waals surface area (Å²) in [6, 6.07) is 4.07. The van der Waals surface area contributed by atoms with Crippen LogP contribution >= 0.6 is 0 Å². The highest BCUT2D eigenvalue weighted by molar-refractivity contribution is 6.03. The molecule has 1 fully saturated rings. The molecule has 1 aliphatic heterocycles. The van der Waals surface area contributed by atoms with Gasteiger partial charge in [-0.2, -0.15) is 0 Å². The van der Waals surface area contributed by atoms with Crippen LogP contribution < -0.4 is 5.73 Å². The summed E-state index contributed by atoms with van der Waals surface area (Å²) >= 11 is 0. The van der Waals surface area contributed by atoms with Crippen molar-refractivity contribution in [2.24, 2.45) is 0 Å². The van der Waals surface area contributed by atoms with Gasteiger partial charge in [-0.1, -0.05) is 25.3 Å². The molecule has 0 atom stereocenters. The van der Waals surface area contributed by atoms with Crippen LogP contribution in [0.15, 0.2) is 12.1 Å². The summed E-state index contributed by atoms with van der Waals surface area (Å²) in [5.41, 5.74) is 9.94. The molecule has 0 spiro atoms. The van der Waals surface area contributed by atoms with Crippen molar-refractivity contribution in [2.75, 3.05) is 12.8 Å². The van der Waals surface area contributed by atoms with Gasteiger partial charge in [-0.15, -0.1) is 0 Å². The van der Waals surface area contributed by atoms with Crippen molar-refractivity contribution >= 4 is 11.6 Å². The van der Waals surface area contributed by atoms with E-state index >= 15 is 0 Å². The Morgan fingerprint density at radius 3 is 2.67 bits per heavy atom. The van der Waals surface area contributed by atoms with Crippen LogP contribution in [0, 0.1) is 0 Å². The highest BCUT2D eigenvalue weighted by Crippen LogP contribution is 2.39. The fourth-order valence-electron chi connectivity index (χ4n) is 3.40. The van der Waals surface area contributed by atoms with Gasteiger partial charge in [-0.05, 0) is 36.0 Å². The Kier molecular flexibility index (Phi) is 2.77. The predicted molar refractivity (Wildman–Crippen MR) is 72.5 cm³/mol. The lowest BCUT2D eigenvalue weighted by atomic mass is 9.81. The van der Waals surface area contributed by atoms with Gasteiger partial charge in [-0.3, -0.25) is 4.79 Å². The number of hydrogen-bond donors (Lipinski definition) is 1. The van der Waals surface area contributed by atoms with E-state index in [4.69, 9.17) is 5.73 Å². The molecule has 1 aliphatic carbocycles. The highest BCUT2D eigenvalue weighted by atomic mass is 16.2. The van der Waals surface area contributed by atoms with Gasteiger partial charge in [0.25, 0.3) is 5.91 Å². The summed E-state index contributed by atoms with van der Waals surface area (Å²) in [6.45, 7) is 0.727. The van der Waals surface area contributed by atoms with Crippen molar-refractivity contribution < 1.29 is 4.79 Å². The number of nitrogen functional groups attached to an aromatic ring is 1. The van der Waals surface area contributed by atoms with E-state index in [9.17, 15) is 4.79 Å². The van der Waals surface area contributed by atoms with Crippen LogP contribution in [0.1, 0.15) is 59.5 Å². The molecule has 3 heteroatoms. The lowest BCUT2D eigenvalue weighted by Gasteiger charge is -2.24. The van der Waals surface area contributed by atoms with Gasteiger partial charge < -0.3 is 10.6 Å². The normalized spacial score (nSPS) is 20.3. The van der Waals surface area contributed by atoms with Gasteiger partial charge in [0.2, 0.25) is 0 Å². The standard InChI is InChI=1S/C15H20N2O/c1-17-9-12-11(10-5-3-2-4-6-10)7-8-13(16)14(12)15(17)18/h7-8,10H,2-6,9,16H2,1H3. The molecular formula is C15H20N2O. The van der Waals surface area contributed by atoms with Gasteiger partial charge in [0.05, 0.1) is 5.56 Å². The largest absolute Gasteiger partial charge is 0.398 e. The second-order valence-electron chi connectivity index (χ2n) is 5.59. The number of fused-ring (bicyclic) bond motifs is 1. The maximum absolute atomic E-state index is 12.1. The van der Waals surface area contributed by atoms with Crippen molar-refractivity contribution in [1.82, 2.24) is 4.90 Å². The molecule has 18 heavy (non-hydrogen) atoms. The number of rotatable bonds is 1. The topological polar surface area (TPSA) is 46.3 Å². The minimum atomic E-state index is 0.0835. The zero-order valence-electron chi connectivity index (χ0n) is 10.9. The predicted octanol–water partition coefficient (Wildman–Crippen LogP) is 2.90. The summed E-state index contributed by atoms with van der Waals surface area (Å²) in [4.78, 5) is 13.9. The van der Waals surface area contributed by atoms with Crippen molar-refractivity contribution in [3.05, 3.63) is 28.8 Å². The monoisotopic (exact) mass is 244 g/mol. The lowest BCUT2D eigenvalue weighted by Crippen LogP contribution is -2.18. The minimum absolute atomic E-state index is 0.0835. The van der Waals surface area contributed by atoms with E-state index in [1.54, 1.807) is 4.90 Å². The van der Waals surface area contributed by atoms with Crippen molar-refractivity contribution in [2.45, 2.75) is 44.6 Å². The number of carbonyl (C=O) groups excluding carboxylic acids is 1. The van der Waals surface area contributed by atoms with Crippen LogP contribution in [0.5, 0.6) is 0 Å². The number of nitrogens with two attached hydrogens (primary N) is 1. The smallest absolute Gasteiger partial charge is 0.256 e. The fraction of sp³-hybridized carbons (Fsp3) is 0.533. The molecule has 1 aromatic carbocycles. The third-order valence-corrected chi connectivity index (χ3v) is 4.38. The van der Waals surface area contributed by atoms with E-state index in [1.165, 1.54) is 43.2 Å². The quantitative estimate of drug-likeness (QED) is 0.772. The Morgan fingerprint density at radius 1 is 1.22 bits per heavy atom. The SMILES string of the molecule is CN1Cc2c(C3CCCCC3)ccc(N)c2C1=O. The van der Waals surface area contributed by atoms with Gasteiger partial charge in [0.15, 0.2) is 0 Å². The summed E-state index contributed by atoms with van der Waals surface area (Å²) < 4.78 is 0. The molecule has 96 valence electrons. The van der Waals surface area contributed by atoms with E-state index in [2.05, 4.69) is 6.07 Å². The van der Waals surface area contributed by atoms with Crippen molar-refractivity contribution in [3.8, 4) is 0 Å². The van der Waals surface area contributed by atoms with E-state index in [0.29, 0.717) is 11.6 Å². The first-order valence-electron chi connectivity index (χ1n) is 6.85. The molecule has 0 unspecified atom stereocenters. The minimum Gasteiger partial charge on any atom is -0.398 e. The third-order valence-electron chi connectivity index (χ3n) is 4.38. The zero-order valence-corrected chi connectivity index (χ0v) is 10.9. The number of nitrogens with zero attached hydrogens (tertiary/aromatic N) is 1. The van der Waals surface area contributed by atoms with E-state index < -0.39 is 0 Å². The van der Waals surface area contributed by atoms with Crippen LogP contribution in [0.2, 0.25) is 0 Å². The van der Waals surface area contributed by atoms with Gasteiger partial charge >= 0.3 is 0 Å². The summed E-state index contributed by atoms with van der Waals surface area (Å²) in [7, 11) is 1.85. The number of carbonyl (C=O) groups is 1. The van der Waals surface area contributed by atoms with Crippen molar-refractivity contribution in [1.29, 1.82) is 0 Å². The second kappa shape index (κ2) is 4.30. The van der Waals surface area contributed by atoms with Crippen molar-refractivity contribution in [3.63, 3.8) is 0 Å². The molecule has 2 aliphatic rings. The number of hydrogen-bond acceptors (Lipinski definition) is 2. The summed E-state index contributed by atoms with van der Waals surface area (Å²) in [6.07, 6.45) is 6.50. The molecule has 3 nitrogen and oxygen atoms in total. The summed E-state index contributed by atoms with van der Waals surface area (Å²) in [5, 5.41) is 0. The Labute approximate surface area is 108 Å². The molecule has 3 rings (SSSR count). The molecule has 0 saturated heterocycles. The Bertz CT molecular complexity index is 490. The van der Waals surface area contributed by atoms with Crippen LogP contribution in [0.25, 0.3) is 0 Å². The lowest BCUT2D eigenvalue weighted by molar-refractivity contribution is 0.0817. The third kappa shape index (κ3) is 1.69. The Hall–Kier alpha value is -1.51. The van der Waals surface area contributed by atoms with Crippen LogP contribution in [0.4, 0.5) is 5.69 Å². The molecule has 2 N–H and O–H groups in total. The highest BCUT2D eigenvalue weighted by Gasteiger charge is 2.31. The Balaban J connectivity index is 2.05. The van der Waals surface area contributed by atoms with Gasteiger partial charge in [0, 0.05) is 19.3 Å². The van der Waals surface area contributed by atoms with E-state index in [0.717, 1.165) is 12.1 Å². The number of amides is 1. The molecule has 1 amide bonds. The first-order chi connectivity index (χ1) is 8.68. The number of benzene rings is 1. The van der Waals surface area contributed by atoms with Crippen LogP contribution in [-0.2, 0) is 6.54 Å². The zero-order chi connectivity index (χ0) is 12.7. The maximum Gasteiger partial charge on any atom is 0.256 e. The Morgan fingerprint density at radius 2 is 1.94 bits per heavy atom. The van der Waals surface area contributed by atoms with Gasteiger partial charge in [0.1, 0.15) is 0 Å². The molecule has 0 radical (unpaired) electrons. The molecule has 1 heterocycles. The second-order valence-corrected chi connectivity index (χ2v) is 5.59. The first kappa shape index (κ1) is 11.6. The van der Waals surface area contributed by atoms with Crippen LogP contribution in [0.3, 0.4) is 0 Å². The van der Waals surface area contributed by atoms with Crippen LogP contribution in [-0.4, -0.2) is 17.9 Å². The maximum atomic E-state index is 12.1. The van der Waals surface area contributed by atoms with E-state index in [-0.39, 0.29) is 5.91 Å². The molecule has 1 saturated carbocycles. The average molecular weight is 244 g/mol. The molecular weight excluding hydrogens is 224 g/mol.